The highest BCUT2D eigenvalue weighted by Crippen LogP contribution is 2.30. The van der Waals surface area contributed by atoms with E-state index in [4.69, 9.17) is 5.73 Å². The summed E-state index contributed by atoms with van der Waals surface area (Å²) in [5.41, 5.74) is 6.04. The third kappa shape index (κ3) is 6.04. The molecule has 15 heteroatoms. The van der Waals surface area contributed by atoms with Gasteiger partial charge in [0.05, 0.1) is 4.90 Å². The van der Waals surface area contributed by atoms with Gasteiger partial charge < -0.3 is 11.1 Å². The van der Waals surface area contributed by atoms with Gasteiger partial charge in [-0.15, -0.1) is 0 Å². The number of nitrogens with one attached hydrogen (secondary N) is 1. The average Bonchev–Trinajstić information content (AvgIpc) is 3.29. The number of hydrogen-bond donors (Lipinski definition) is 2. The van der Waals surface area contributed by atoms with Crippen LogP contribution in [-0.4, -0.2) is 53.3 Å². The zero-order valence-corrected chi connectivity index (χ0v) is 20.6. The van der Waals surface area contributed by atoms with Gasteiger partial charge in [0.1, 0.15) is 18.0 Å². The summed E-state index contributed by atoms with van der Waals surface area (Å²) in [7, 11) is -4.35. The minimum atomic E-state index is -4.74. The Labute approximate surface area is 218 Å². The van der Waals surface area contributed by atoms with Crippen LogP contribution in [0.25, 0.3) is 11.1 Å². The number of benzene rings is 2. The standard InChI is InChI=1S/C24H20F5N5O4S/c25-16-2-4-18(5-3-16)39(37,38)34-12-17(26)8-20(34)22(36)31-9-14-7-13(1-6-19(14)21(30)35)15-10-32-23(33-11-15)24(27,28)29/h1-7,10-11,17,20H,8-9,12H2,(H2,30,35)(H,31,36)/t17-,20+/m1/s1. The summed E-state index contributed by atoms with van der Waals surface area (Å²) in [5, 5.41) is 2.47. The molecule has 4 rings (SSSR count). The van der Waals surface area contributed by atoms with Crippen LogP contribution in [0.2, 0.25) is 0 Å². The maximum absolute atomic E-state index is 14.3. The predicted octanol–water partition coefficient (Wildman–Crippen LogP) is 2.82. The molecular formula is C24H20F5N5O4S. The van der Waals surface area contributed by atoms with Gasteiger partial charge in [0.25, 0.3) is 0 Å². The minimum absolute atomic E-state index is 0.0162. The van der Waals surface area contributed by atoms with Crippen LogP contribution in [-0.2, 0) is 27.5 Å². The highest BCUT2D eigenvalue weighted by Gasteiger charge is 2.44. The van der Waals surface area contributed by atoms with Gasteiger partial charge in [0, 0.05) is 43.0 Å². The molecule has 0 unspecified atom stereocenters. The van der Waals surface area contributed by atoms with Crippen LogP contribution in [0.1, 0.15) is 28.2 Å². The lowest BCUT2D eigenvalue weighted by Crippen LogP contribution is -2.45. The molecule has 1 aromatic heterocycles. The summed E-state index contributed by atoms with van der Waals surface area (Å²) in [4.78, 5) is 31.2. The van der Waals surface area contributed by atoms with Gasteiger partial charge in [-0.25, -0.2) is 27.2 Å². The number of hydrogen-bond acceptors (Lipinski definition) is 6. The van der Waals surface area contributed by atoms with E-state index in [1.54, 1.807) is 0 Å². The second-order valence-electron chi connectivity index (χ2n) is 8.62. The molecular weight excluding hydrogens is 549 g/mol. The van der Waals surface area contributed by atoms with E-state index in [1.165, 1.54) is 18.2 Å². The SMILES string of the molecule is NC(=O)c1ccc(-c2cnc(C(F)(F)F)nc2)cc1CNC(=O)[C@@H]1C[C@@H](F)CN1S(=O)(=O)c1ccc(F)cc1. The van der Waals surface area contributed by atoms with Gasteiger partial charge in [0.15, 0.2) is 0 Å². The van der Waals surface area contributed by atoms with E-state index in [-0.39, 0.29) is 28.1 Å². The Kier molecular flexibility index (Phi) is 7.66. The first kappa shape index (κ1) is 28.0. The Morgan fingerprint density at radius 3 is 2.28 bits per heavy atom. The van der Waals surface area contributed by atoms with E-state index >= 15 is 0 Å². The molecule has 0 bridgehead atoms. The quantitative estimate of drug-likeness (QED) is 0.420. The number of halogens is 5. The lowest BCUT2D eigenvalue weighted by molar-refractivity contribution is -0.145. The molecule has 9 nitrogen and oxygen atoms in total. The smallest absolute Gasteiger partial charge is 0.366 e. The zero-order valence-electron chi connectivity index (χ0n) is 19.8. The summed E-state index contributed by atoms with van der Waals surface area (Å²) in [5.74, 6) is -3.74. The van der Waals surface area contributed by atoms with Crippen LogP contribution in [0.3, 0.4) is 0 Å². The number of nitrogens with zero attached hydrogens (tertiary/aromatic N) is 3. The first-order valence-electron chi connectivity index (χ1n) is 11.3. The number of primary amides is 1. The third-order valence-corrected chi connectivity index (χ3v) is 7.88. The average molecular weight is 570 g/mol. The fourth-order valence-electron chi connectivity index (χ4n) is 4.09. The minimum Gasteiger partial charge on any atom is -0.366 e. The van der Waals surface area contributed by atoms with Crippen molar-refractivity contribution >= 4 is 21.8 Å². The summed E-state index contributed by atoms with van der Waals surface area (Å²) in [6.07, 6.45) is -4.93. The highest BCUT2D eigenvalue weighted by atomic mass is 32.2. The second-order valence-corrected chi connectivity index (χ2v) is 10.5. The Bertz CT molecular complexity index is 1500. The van der Waals surface area contributed by atoms with Crippen LogP contribution in [0.5, 0.6) is 0 Å². The molecule has 2 atom stereocenters. The number of rotatable bonds is 7. The number of amides is 2. The maximum atomic E-state index is 14.3. The van der Waals surface area contributed by atoms with Crippen molar-refractivity contribution in [3.05, 3.63) is 77.6 Å². The van der Waals surface area contributed by atoms with Crippen molar-refractivity contribution in [2.45, 2.75) is 36.3 Å². The predicted molar refractivity (Wildman–Crippen MR) is 126 cm³/mol. The topological polar surface area (TPSA) is 135 Å². The van der Waals surface area contributed by atoms with E-state index in [2.05, 4.69) is 15.3 Å². The molecule has 3 aromatic rings. The van der Waals surface area contributed by atoms with Crippen LogP contribution in [0.4, 0.5) is 22.0 Å². The summed E-state index contributed by atoms with van der Waals surface area (Å²) >= 11 is 0. The van der Waals surface area contributed by atoms with Crippen LogP contribution >= 0.6 is 0 Å². The largest absolute Gasteiger partial charge is 0.451 e. The number of aromatic nitrogens is 2. The van der Waals surface area contributed by atoms with Gasteiger partial charge in [-0.2, -0.15) is 17.5 Å². The number of alkyl halides is 4. The molecule has 1 saturated heterocycles. The van der Waals surface area contributed by atoms with Crippen molar-refractivity contribution in [1.29, 1.82) is 0 Å². The molecule has 39 heavy (non-hydrogen) atoms. The molecule has 1 fully saturated rings. The fraction of sp³-hybridized carbons (Fsp3) is 0.250. The lowest BCUT2D eigenvalue weighted by Gasteiger charge is -2.23. The number of carbonyl (C=O) groups is 2. The van der Waals surface area contributed by atoms with Crippen molar-refractivity contribution in [2.24, 2.45) is 5.73 Å². The van der Waals surface area contributed by atoms with Crippen LogP contribution in [0, 0.1) is 5.82 Å². The Morgan fingerprint density at radius 2 is 1.69 bits per heavy atom. The first-order chi connectivity index (χ1) is 18.3. The first-order valence-corrected chi connectivity index (χ1v) is 12.7. The van der Waals surface area contributed by atoms with Crippen LogP contribution in [0.15, 0.2) is 59.8 Å². The van der Waals surface area contributed by atoms with Crippen molar-refractivity contribution in [1.82, 2.24) is 19.6 Å². The van der Waals surface area contributed by atoms with Gasteiger partial charge in [-0.3, -0.25) is 9.59 Å². The third-order valence-electron chi connectivity index (χ3n) is 5.99. The summed E-state index contributed by atoms with van der Waals surface area (Å²) in [6, 6.07) is 6.50. The fourth-order valence-corrected chi connectivity index (χ4v) is 5.71. The van der Waals surface area contributed by atoms with Crippen molar-refractivity contribution in [3.63, 3.8) is 0 Å². The molecule has 0 saturated carbocycles. The molecule has 206 valence electrons. The van der Waals surface area contributed by atoms with Gasteiger partial charge in [-0.05, 0) is 47.5 Å². The molecule has 1 aliphatic rings. The Balaban J connectivity index is 1.56. The molecule has 2 aromatic carbocycles. The monoisotopic (exact) mass is 569 g/mol. The van der Waals surface area contributed by atoms with E-state index in [9.17, 15) is 40.0 Å². The molecule has 2 amide bonds. The number of nitrogens with two attached hydrogens (primary N) is 1. The van der Waals surface area contributed by atoms with E-state index in [0.717, 1.165) is 36.7 Å². The van der Waals surface area contributed by atoms with Gasteiger partial charge in [0.2, 0.25) is 27.7 Å². The second kappa shape index (κ2) is 10.6. The van der Waals surface area contributed by atoms with Gasteiger partial charge >= 0.3 is 6.18 Å². The number of sulfonamides is 1. The summed E-state index contributed by atoms with van der Waals surface area (Å²) < 4.78 is 92.6. The summed E-state index contributed by atoms with van der Waals surface area (Å²) in [6.45, 7) is -0.932. The Hall–Kier alpha value is -3.98. The van der Waals surface area contributed by atoms with E-state index in [1.807, 2.05) is 0 Å². The van der Waals surface area contributed by atoms with Crippen LogP contribution < -0.4 is 11.1 Å². The lowest BCUT2D eigenvalue weighted by atomic mass is 10.00. The van der Waals surface area contributed by atoms with Crippen molar-refractivity contribution in [3.8, 4) is 11.1 Å². The highest BCUT2D eigenvalue weighted by molar-refractivity contribution is 7.89. The molecule has 3 N–H and O–H groups in total. The van der Waals surface area contributed by atoms with Crippen molar-refractivity contribution in [2.75, 3.05) is 6.54 Å². The maximum Gasteiger partial charge on any atom is 0.451 e. The molecule has 0 aliphatic carbocycles. The van der Waals surface area contributed by atoms with E-state index in [0.29, 0.717) is 9.87 Å². The normalized spacial score (nSPS) is 18.2. The molecule has 0 spiro atoms. The zero-order chi connectivity index (χ0) is 28.5. The molecule has 2 heterocycles. The molecule has 0 radical (unpaired) electrons. The van der Waals surface area contributed by atoms with Gasteiger partial charge in [-0.1, -0.05) is 6.07 Å². The number of carbonyl (C=O) groups excluding carboxylic acids is 2. The Morgan fingerprint density at radius 1 is 1.05 bits per heavy atom. The molecule has 1 aliphatic heterocycles. The van der Waals surface area contributed by atoms with Crippen molar-refractivity contribution < 1.29 is 40.0 Å². The van der Waals surface area contributed by atoms with E-state index < -0.39 is 64.8 Å².